The van der Waals surface area contributed by atoms with Crippen LogP contribution >= 0.6 is 11.6 Å². The van der Waals surface area contributed by atoms with Crippen molar-refractivity contribution in [3.8, 4) is 17.1 Å². The van der Waals surface area contributed by atoms with Gasteiger partial charge in [-0.15, -0.1) is 0 Å². The lowest BCUT2D eigenvalue weighted by Gasteiger charge is -2.09. The molecule has 3 aromatic carbocycles. The number of carbonyl (C=O) groups excluding carboxylic acids is 1. The summed E-state index contributed by atoms with van der Waals surface area (Å²) in [5.41, 5.74) is 3.78. The van der Waals surface area contributed by atoms with Crippen molar-refractivity contribution in [2.75, 3.05) is 7.11 Å². The molecule has 1 aromatic heterocycles. The van der Waals surface area contributed by atoms with Gasteiger partial charge in [0.25, 0.3) is 5.91 Å². The van der Waals surface area contributed by atoms with Crippen LogP contribution in [-0.2, 0) is 0 Å². The summed E-state index contributed by atoms with van der Waals surface area (Å²) in [6, 6.07) is 22.3. The first-order chi connectivity index (χ1) is 14.1. The zero-order valence-electron chi connectivity index (χ0n) is 15.6. The number of fused-ring (bicyclic) bond motifs is 1. The number of nitrogens with one attached hydrogen (secondary N) is 1. The van der Waals surface area contributed by atoms with Gasteiger partial charge in [0.2, 0.25) is 0 Å². The fraction of sp³-hybridized carbons (Fsp3) is 0.0435. The van der Waals surface area contributed by atoms with Gasteiger partial charge in [-0.05, 0) is 47.2 Å². The van der Waals surface area contributed by atoms with Crippen LogP contribution in [-0.4, -0.2) is 19.2 Å². The Morgan fingerprint density at radius 3 is 2.59 bits per heavy atom. The van der Waals surface area contributed by atoms with E-state index in [0.717, 1.165) is 16.3 Å². The van der Waals surface area contributed by atoms with E-state index in [9.17, 15) is 4.79 Å². The SMILES string of the molecule is COc1cc2ccccc2cc1C(=O)NN=Cc1ccc(-c2cccc(Cl)c2)o1. The average molecular weight is 405 g/mol. The van der Waals surface area contributed by atoms with E-state index in [0.29, 0.717) is 27.9 Å². The lowest BCUT2D eigenvalue weighted by molar-refractivity contribution is 0.0952. The highest BCUT2D eigenvalue weighted by atomic mass is 35.5. The van der Waals surface area contributed by atoms with Crippen LogP contribution in [0.1, 0.15) is 16.1 Å². The number of halogens is 1. The number of hydrogen-bond acceptors (Lipinski definition) is 4. The highest BCUT2D eigenvalue weighted by Crippen LogP contribution is 2.26. The normalized spacial score (nSPS) is 11.1. The molecule has 0 bridgehead atoms. The second-order valence-electron chi connectivity index (χ2n) is 6.31. The summed E-state index contributed by atoms with van der Waals surface area (Å²) in [6.07, 6.45) is 1.44. The van der Waals surface area contributed by atoms with E-state index in [2.05, 4.69) is 10.5 Å². The van der Waals surface area contributed by atoms with Crippen LogP contribution < -0.4 is 10.2 Å². The quantitative estimate of drug-likeness (QED) is 0.351. The smallest absolute Gasteiger partial charge is 0.275 e. The predicted molar refractivity (Wildman–Crippen MR) is 115 cm³/mol. The maximum Gasteiger partial charge on any atom is 0.275 e. The van der Waals surface area contributed by atoms with Crippen LogP contribution in [0.3, 0.4) is 0 Å². The summed E-state index contributed by atoms with van der Waals surface area (Å²) in [7, 11) is 1.53. The molecule has 4 rings (SSSR count). The van der Waals surface area contributed by atoms with Gasteiger partial charge in [-0.1, -0.05) is 48.0 Å². The summed E-state index contributed by atoms with van der Waals surface area (Å²) >= 11 is 6.01. The van der Waals surface area contributed by atoms with E-state index in [4.69, 9.17) is 20.8 Å². The van der Waals surface area contributed by atoms with Gasteiger partial charge in [-0.2, -0.15) is 5.10 Å². The molecule has 0 saturated carbocycles. The Morgan fingerprint density at radius 2 is 1.83 bits per heavy atom. The number of benzene rings is 3. The number of amides is 1. The van der Waals surface area contributed by atoms with Crippen molar-refractivity contribution < 1.29 is 13.9 Å². The molecule has 0 unspecified atom stereocenters. The molecule has 1 N–H and O–H groups in total. The highest BCUT2D eigenvalue weighted by Gasteiger charge is 2.13. The molecule has 4 aromatic rings. The number of hydrogen-bond donors (Lipinski definition) is 1. The van der Waals surface area contributed by atoms with Crippen molar-refractivity contribution >= 4 is 34.5 Å². The lowest BCUT2D eigenvalue weighted by atomic mass is 10.1. The third-order valence-electron chi connectivity index (χ3n) is 4.41. The molecule has 0 radical (unpaired) electrons. The summed E-state index contributed by atoms with van der Waals surface area (Å²) in [6.45, 7) is 0. The molecule has 1 amide bonds. The summed E-state index contributed by atoms with van der Waals surface area (Å²) < 4.78 is 11.1. The zero-order valence-corrected chi connectivity index (χ0v) is 16.3. The summed E-state index contributed by atoms with van der Waals surface area (Å²) in [5.74, 6) is 1.28. The number of methoxy groups -OCH3 is 1. The van der Waals surface area contributed by atoms with Gasteiger partial charge in [-0.3, -0.25) is 4.79 Å². The minimum absolute atomic E-state index is 0.370. The standard InChI is InChI=1S/C23H17ClN2O3/c1-28-22-13-16-6-3-2-5-15(16)12-20(22)23(27)26-25-14-19-9-10-21(29-19)17-7-4-8-18(24)11-17/h2-14H,1H3,(H,26,27). The first kappa shape index (κ1) is 18.8. The van der Waals surface area contributed by atoms with Crippen molar-refractivity contribution in [1.29, 1.82) is 0 Å². The molecule has 6 heteroatoms. The Labute approximate surface area is 172 Å². The van der Waals surface area contributed by atoms with E-state index in [1.165, 1.54) is 13.3 Å². The Hall–Kier alpha value is -3.57. The zero-order chi connectivity index (χ0) is 20.2. The molecule has 0 fully saturated rings. The maximum atomic E-state index is 12.6. The third kappa shape index (κ3) is 4.15. The molecule has 0 saturated heterocycles. The average Bonchev–Trinajstić information content (AvgIpc) is 3.21. The molecular weight excluding hydrogens is 388 g/mol. The lowest BCUT2D eigenvalue weighted by Crippen LogP contribution is -2.18. The van der Waals surface area contributed by atoms with Crippen molar-refractivity contribution in [1.82, 2.24) is 5.43 Å². The van der Waals surface area contributed by atoms with Crippen LogP contribution in [0.4, 0.5) is 0 Å². The Morgan fingerprint density at radius 1 is 1.03 bits per heavy atom. The second-order valence-corrected chi connectivity index (χ2v) is 6.75. The van der Waals surface area contributed by atoms with Gasteiger partial charge >= 0.3 is 0 Å². The van der Waals surface area contributed by atoms with Gasteiger partial charge in [0.05, 0.1) is 18.9 Å². The summed E-state index contributed by atoms with van der Waals surface area (Å²) in [5, 5.41) is 6.57. The molecule has 144 valence electrons. The van der Waals surface area contributed by atoms with E-state index >= 15 is 0 Å². The molecule has 0 aliphatic heterocycles. The van der Waals surface area contributed by atoms with Crippen LogP contribution in [0.25, 0.3) is 22.1 Å². The van der Waals surface area contributed by atoms with Crippen molar-refractivity contribution in [2.45, 2.75) is 0 Å². The van der Waals surface area contributed by atoms with Crippen molar-refractivity contribution in [3.63, 3.8) is 0 Å². The Balaban J connectivity index is 1.50. The Kier molecular flexibility index (Phi) is 5.31. The maximum absolute atomic E-state index is 12.6. The topological polar surface area (TPSA) is 63.8 Å². The monoisotopic (exact) mass is 404 g/mol. The van der Waals surface area contributed by atoms with Crippen LogP contribution in [0.15, 0.2) is 82.3 Å². The molecule has 0 aliphatic carbocycles. The molecule has 0 spiro atoms. The van der Waals surface area contributed by atoms with Gasteiger partial charge in [0, 0.05) is 10.6 Å². The van der Waals surface area contributed by atoms with Gasteiger partial charge in [-0.25, -0.2) is 5.43 Å². The Bertz CT molecular complexity index is 1210. The molecule has 29 heavy (non-hydrogen) atoms. The van der Waals surface area contributed by atoms with Crippen LogP contribution in [0.5, 0.6) is 5.75 Å². The third-order valence-corrected chi connectivity index (χ3v) is 4.64. The largest absolute Gasteiger partial charge is 0.496 e. The minimum atomic E-state index is -0.370. The highest BCUT2D eigenvalue weighted by molar-refractivity contribution is 6.30. The molecule has 5 nitrogen and oxygen atoms in total. The second kappa shape index (κ2) is 8.20. The van der Waals surface area contributed by atoms with Gasteiger partial charge in [0.15, 0.2) is 0 Å². The van der Waals surface area contributed by atoms with E-state index in [-0.39, 0.29) is 5.91 Å². The number of nitrogens with zero attached hydrogens (tertiary/aromatic N) is 1. The molecule has 1 heterocycles. The molecule has 0 aliphatic rings. The number of carbonyl (C=O) groups is 1. The number of furan rings is 1. The fourth-order valence-electron chi connectivity index (χ4n) is 3.00. The van der Waals surface area contributed by atoms with Crippen LogP contribution in [0, 0.1) is 0 Å². The van der Waals surface area contributed by atoms with Gasteiger partial charge < -0.3 is 9.15 Å². The predicted octanol–water partition coefficient (Wildman–Crippen LogP) is 5.53. The van der Waals surface area contributed by atoms with Crippen LogP contribution in [0.2, 0.25) is 5.02 Å². The fourth-order valence-corrected chi connectivity index (χ4v) is 3.19. The summed E-state index contributed by atoms with van der Waals surface area (Å²) in [4.78, 5) is 12.6. The van der Waals surface area contributed by atoms with E-state index in [1.54, 1.807) is 18.2 Å². The molecule has 0 atom stereocenters. The molecular formula is C23H17ClN2O3. The minimum Gasteiger partial charge on any atom is -0.496 e. The number of ether oxygens (including phenoxy) is 1. The number of hydrazone groups is 1. The first-order valence-electron chi connectivity index (χ1n) is 8.90. The number of rotatable bonds is 5. The van der Waals surface area contributed by atoms with Crippen molar-refractivity contribution in [2.24, 2.45) is 5.10 Å². The van der Waals surface area contributed by atoms with E-state index in [1.807, 2.05) is 54.6 Å². The first-order valence-corrected chi connectivity index (χ1v) is 9.28. The van der Waals surface area contributed by atoms with Gasteiger partial charge in [0.1, 0.15) is 17.3 Å². The van der Waals surface area contributed by atoms with Crippen molar-refractivity contribution in [3.05, 3.63) is 89.1 Å². The van der Waals surface area contributed by atoms with E-state index < -0.39 is 0 Å².